The fourth-order valence-corrected chi connectivity index (χ4v) is 3.77. The van der Waals surface area contributed by atoms with Crippen LogP contribution in [0.1, 0.15) is 22.3 Å². The lowest BCUT2D eigenvalue weighted by Crippen LogP contribution is -2.28. The van der Waals surface area contributed by atoms with Crippen molar-refractivity contribution in [2.24, 2.45) is 5.73 Å². The molecule has 7 nitrogen and oxygen atoms in total. The molecule has 34 heavy (non-hydrogen) atoms. The van der Waals surface area contributed by atoms with Gasteiger partial charge in [-0.25, -0.2) is 0 Å². The summed E-state index contributed by atoms with van der Waals surface area (Å²) in [4.78, 5) is 12.6. The van der Waals surface area contributed by atoms with Crippen LogP contribution >= 0.6 is 0 Å². The van der Waals surface area contributed by atoms with Gasteiger partial charge in [0, 0.05) is 29.1 Å². The quantitative estimate of drug-likeness (QED) is 0.320. The topological polar surface area (TPSA) is 119 Å². The second-order valence-electron chi connectivity index (χ2n) is 7.27. The van der Waals surface area contributed by atoms with E-state index in [1.165, 1.54) is 42.5 Å². The van der Waals surface area contributed by atoms with E-state index >= 15 is 0 Å². The van der Waals surface area contributed by atoms with Crippen molar-refractivity contribution in [2.75, 3.05) is 22.7 Å². The first-order valence-corrected chi connectivity index (χ1v) is 11.1. The third-order valence-electron chi connectivity index (χ3n) is 4.94. The first-order valence-electron chi connectivity index (χ1n) is 10.1. The second kappa shape index (κ2) is 10.7. The van der Waals surface area contributed by atoms with Crippen molar-refractivity contribution in [3.8, 4) is 16.9 Å². The number of aromatic hydroxyl groups is 1. The molecular formula is C23H21F3N3O4S-. The van der Waals surface area contributed by atoms with E-state index in [4.69, 9.17) is 5.73 Å². The maximum atomic E-state index is 12.7. The minimum absolute atomic E-state index is 0.00256. The molecule has 0 radical (unpaired) electrons. The molecule has 1 amide bonds. The predicted octanol–water partition coefficient (Wildman–Crippen LogP) is 4.28. The van der Waals surface area contributed by atoms with Gasteiger partial charge in [0.05, 0.1) is 11.3 Å². The molecule has 0 heterocycles. The number of nitrogens with one attached hydrogen (secondary N) is 1. The number of nitrogens with zero attached hydrogens (tertiary/aromatic N) is 1. The Labute approximate surface area is 196 Å². The zero-order valence-electron chi connectivity index (χ0n) is 17.7. The average molecular weight is 492 g/mol. The highest BCUT2D eigenvalue weighted by Gasteiger charge is 2.30. The largest absolute Gasteiger partial charge is 0.755 e. The first-order chi connectivity index (χ1) is 16.1. The molecule has 1 unspecified atom stereocenters. The van der Waals surface area contributed by atoms with E-state index in [1.54, 1.807) is 12.1 Å². The molecule has 0 aliphatic carbocycles. The van der Waals surface area contributed by atoms with E-state index in [9.17, 15) is 31.8 Å². The van der Waals surface area contributed by atoms with Gasteiger partial charge in [0.1, 0.15) is 5.75 Å². The van der Waals surface area contributed by atoms with Crippen molar-refractivity contribution in [2.45, 2.75) is 12.6 Å². The summed E-state index contributed by atoms with van der Waals surface area (Å²) >= 11 is -2.66. The standard InChI is InChI=1S/C23H22F3N3O4S/c24-23(25,26)18-8-6-16(7-9-18)15-2-4-17(5-3-15)22(31)28-19-10-11-21(30)20(14-19)29(34(32)33)13-1-12-27/h2-11,14,30H,1,12-13,27H2,(H,28,31)(H,32,33)/p-1. The maximum Gasteiger partial charge on any atom is 0.416 e. The number of phenols is 1. The number of anilines is 2. The summed E-state index contributed by atoms with van der Waals surface area (Å²) in [6.45, 7) is 0.316. The Morgan fingerprint density at radius 2 is 1.62 bits per heavy atom. The van der Waals surface area contributed by atoms with Crippen LogP contribution in [0.5, 0.6) is 5.75 Å². The van der Waals surface area contributed by atoms with Crippen molar-refractivity contribution in [3.05, 3.63) is 77.9 Å². The Morgan fingerprint density at radius 3 is 2.15 bits per heavy atom. The number of amides is 1. The Balaban J connectivity index is 1.75. The van der Waals surface area contributed by atoms with Gasteiger partial charge in [-0.1, -0.05) is 24.3 Å². The third-order valence-corrected chi connectivity index (χ3v) is 5.68. The summed E-state index contributed by atoms with van der Waals surface area (Å²) in [6, 6.07) is 14.9. The molecule has 0 saturated heterocycles. The fourth-order valence-electron chi connectivity index (χ4n) is 3.18. The molecule has 0 aliphatic heterocycles. The zero-order chi connectivity index (χ0) is 24.9. The molecule has 1 atom stereocenters. The van der Waals surface area contributed by atoms with Gasteiger partial charge in [0.25, 0.3) is 5.91 Å². The summed E-state index contributed by atoms with van der Waals surface area (Å²) in [5.41, 5.74) is 6.41. The van der Waals surface area contributed by atoms with E-state index in [0.29, 0.717) is 17.5 Å². The number of benzene rings is 3. The molecule has 0 bridgehead atoms. The molecule has 0 aromatic heterocycles. The van der Waals surface area contributed by atoms with E-state index < -0.39 is 28.9 Å². The molecule has 180 valence electrons. The van der Waals surface area contributed by atoms with E-state index in [2.05, 4.69) is 5.32 Å². The van der Waals surface area contributed by atoms with Crippen LogP contribution in [0.2, 0.25) is 0 Å². The molecule has 11 heteroatoms. The van der Waals surface area contributed by atoms with Crippen LogP contribution in [0, 0.1) is 0 Å². The van der Waals surface area contributed by atoms with E-state index in [-0.39, 0.29) is 35.8 Å². The number of rotatable bonds is 8. The number of carbonyl (C=O) groups is 1. The third kappa shape index (κ3) is 6.13. The summed E-state index contributed by atoms with van der Waals surface area (Å²) in [6.07, 6.45) is -4.05. The smallest absolute Gasteiger partial charge is 0.416 e. The van der Waals surface area contributed by atoms with Crippen LogP contribution in [0.25, 0.3) is 11.1 Å². The normalized spacial score (nSPS) is 12.3. The summed E-state index contributed by atoms with van der Waals surface area (Å²) in [5, 5.41) is 12.7. The average Bonchev–Trinajstić information content (AvgIpc) is 2.80. The van der Waals surface area contributed by atoms with Crippen molar-refractivity contribution in [1.82, 2.24) is 0 Å². The first kappa shape index (κ1) is 25.2. The SMILES string of the molecule is NCCCN(c1cc(NC(=O)c2ccc(-c3ccc(C(F)(F)F)cc3)cc2)ccc1O)S(=O)[O-]. The number of hydrogen-bond donors (Lipinski definition) is 3. The summed E-state index contributed by atoms with van der Waals surface area (Å²) in [7, 11) is 0. The number of halogens is 3. The lowest BCUT2D eigenvalue weighted by molar-refractivity contribution is -0.137. The Hall–Kier alpha value is -3.41. The molecule has 3 aromatic rings. The zero-order valence-corrected chi connectivity index (χ0v) is 18.5. The van der Waals surface area contributed by atoms with Gasteiger partial charge >= 0.3 is 6.18 Å². The van der Waals surface area contributed by atoms with Gasteiger partial charge in [-0.15, -0.1) is 0 Å². The maximum absolute atomic E-state index is 12.7. The van der Waals surface area contributed by atoms with Crippen LogP contribution in [0.15, 0.2) is 66.7 Å². The number of hydrogen-bond acceptors (Lipinski definition) is 5. The minimum atomic E-state index is -4.42. The number of alkyl halides is 3. The predicted molar refractivity (Wildman–Crippen MR) is 123 cm³/mol. The highest BCUT2D eigenvalue weighted by atomic mass is 32.2. The van der Waals surface area contributed by atoms with Gasteiger partial charge in [-0.3, -0.25) is 13.3 Å². The van der Waals surface area contributed by atoms with Crippen LogP contribution in [0.4, 0.5) is 24.5 Å². The number of phenolic OH excluding ortho intramolecular Hbond substituents is 1. The van der Waals surface area contributed by atoms with Crippen molar-refractivity contribution in [3.63, 3.8) is 0 Å². The van der Waals surface area contributed by atoms with Crippen molar-refractivity contribution >= 4 is 28.5 Å². The summed E-state index contributed by atoms with van der Waals surface area (Å²) < 4.78 is 62.3. The van der Waals surface area contributed by atoms with Gasteiger partial charge in [0.2, 0.25) is 0 Å². The number of nitrogens with two attached hydrogens (primary N) is 1. The lowest BCUT2D eigenvalue weighted by Gasteiger charge is -2.27. The second-order valence-corrected chi connectivity index (χ2v) is 8.15. The Bertz CT molecular complexity index is 1170. The van der Waals surface area contributed by atoms with E-state index in [0.717, 1.165) is 16.4 Å². The molecule has 3 rings (SSSR count). The number of carbonyl (C=O) groups excluding carboxylic acids is 1. The van der Waals surface area contributed by atoms with Crippen molar-refractivity contribution < 1.29 is 31.8 Å². The molecular weight excluding hydrogens is 471 g/mol. The van der Waals surface area contributed by atoms with Crippen molar-refractivity contribution in [1.29, 1.82) is 0 Å². The molecule has 0 saturated carbocycles. The lowest BCUT2D eigenvalue weighted by atomic mass is 10.0. The highest BCUT2D eigenvalue weighted by molar-refractivity contribution is 7.80. The monoisotopic (exact) mass is 492 g/mol. The van der Waals surface area contributed by atoms with Gasteiger partial charge in [-0.05, 0) is 66.6 Å². The Morgan fingerprint density at radius 1 is 1.03 bits per heavy atom. The fraction of sp³-hybridized carbons (Fsp3) is 0.174. The molecule has 4 N–H and O–H groups in total. The van der Waals surface area contributed by atoms with E-state index in [1.807, 2.05) is 0 Å². The Kier molecular flexibility index (Phi) is 7.92. The minimum Gasteiger partial charge on any atom is -0.755 e. The van der Waals surface area contributed by atoms with Gasteiger partial charge in [-0.2, -0.15) is 13.2 Å². The van der Waals surface area contributed by atoms with Crippen LogP contribution in [0.3, 0.4) is 0 Å². The molecule has 0 aliphatic rings. The molecule has 0 fully saturated rings. The molecule has 0 spiro atoms. The summed E-state index contributed by atoms with van der Waals surface area (Å²) in [5.74, 6) is -0.771. The van der Waals surface area contributed by atoms with Crippen LogP contribution < -0.4 is 15.4 Å². The molecule has 3 aromatic carbocycles. The van der Waals surface area contributed by atoms with Crippen LogP contribution in [-0.2, 0) is 17.4 Å². The van der Waals surface area contributed by atoms with Gasteiger partial charge in [0.15, 0.2) is 0 Å². The van der Waals surface area contributed by atoms with Gasteiger partial charge < -0.3 is 20.7 Å². The highest BCUT2D eigenvalue weighted by Crippen LogP contribution is 2.32. The van der Waals surface area contributed by atoms with Crippen LogP contribution in [-0.4, -0.2) is 32.9 Å².